The number of amides is 1. The Bertz CT molecular complexity index is 1350. The van der Waals surface area contributed by atoms with E-state index in [1.807, 2.05) is 0 Å². The Morgan fingerprint density at radius 1 is 1.06 bits per heavy atom. The number of hydrogen-bond acceptors (Lipinski definition) is 7. The topological polar surface area (TPSA) is 128 Å². The zero-order valence-corrected chi connectivity index (χ0v) is 20.5. The second kappa shape index (κ2) is 10.5. The van der Waals surface area contributed by atoms with Gasteiger partial charge in [-0.3, -0.25) is 14.9 Å². The summed E-state index contributed by atoms with van der Waals surface area (Å²) in [5.74, 6) is 0.367. The van der Waals surface area contributed by atoms with Crippen molar-refractivity contribution >= 4 is 27.3 Å². The van der Waals surface area contributed by atoms with E-state index in [9.17, 15) is 23.3 Å². The van der Waals surface area contributed by atoms with E-state index in [4.69, 9.17) is 9.47 Å². The van der Waals surface area contributed by atoms with Gasteiger partial charge in [-0.15, -0.1) is 0 Å². The summed E-state index contributed by atoms with van der Waals surface area (Å²) in [4.78, 5) is 23.4. The van der Waals surface area contributed by atoms with Gasteiger partial charge in [-0.25, -0.2) is 12.7 Å². The maximum Gasteiger partial charge on any atom is 0.270 e. The van der Waals surface area contributed by atoms with E-state index in [0.29, 0.717) is 28.1 Å². The number of ether oxygens (including phenoxy) is 2. The number of anilines is 1. The molecule has 0 aliphatic carbocycles. The molecule has 3 aromatic rings. The van der Waals surface area contributed by atoms with Crippen LogP contribution in [0.5, 0.6) is 11.5 Å². The number of rotatable bonds is 9. The quantitative estimate of drug-likeness (QED) is 0.350. The van der Waals surface area contributed by atoms with E-state index in [2.05, 4.69) is 5.32 Å². The number of aryl methyl sites for hydroxylation is 1. The lowest BCUT2D eigenvalue weighted by atomic mass is 10.0. The molecular weight excluding hydrogens is 474 g/mol. The fourth-order valence-corrected chi connectivity index (χ4v) is 4.39. The third-order valence-electron chi connectivity index (χ3n) is 5.16. The highest BCUT2D eigenvalue weighted by molar-refractivity contribution is 7.89. The summed E-state index contributed by atoms with van der Waals surface area (Å²) in [5, 5.41) is 13.9. The second-order valence-corrected chi connectivity index (χ2v) is 9.89. The number of nitrogens with zero attached hydrogens (tertiary/aromatic N) is 2. The Hall–Kier alpha value is -3.96. The molecule has 0 saturated heterocycles. The number of carbonyl (C=O) groups is 1. The minimum Gasteiger partial charge on any atom is -0.497 e. The molecule has 0 aliphatic heterocycles. The summed E-state index contributed by atoms with van der Waals surface area (Å²) in [5.41, 5.74) is 1.79. The first kappa shape index (κ1) is 25.7. The van der Waals surface area contributed by atoms with Gasteiger partial charge in [0.05, 0.1) is 16.9 Å². The van der Waals surface area contributed by atoms with E-state index in [0.717, 1.165) is 4.31 Å². The Morgan fingerprint density at radius 3 is 2.34 bits per heavy atom. The van der Waals surface area contributed by atoms with Gasteiger partial charge < -0.3 is 14.8 Å². The molecule has 35 heavy (non-hydrogen) atoms. The highest BCUT2D eigenvalue weighted by Gasteiger charge is 2.21. The molecule has 184 valence electrons. The number of nitro benzene ring substituents is 1. The van der Waals surface area contributed by atoms with Crippen LogP contribution in [0, 0.1) is 17.0 Å². The first-order chi connectivity index (χ1) is 16.5. The standard InChI is InChI=1S/C24H25N3O7S/c1-16-5-8-18(13-23(16)35(31,32)26(2)3)25-24(28)15-34-22-12-9-19(27(29)30)14-21(22)17-6-10-20(33-4)11-7-17/h5-14H,15H2,1-4H3,(H,25,28). The van der Waals surface area contributed by atoms with Gasteiger partial charge in [0.1, 0.15) is 11.5 Å². The van der Waals surface area contributed by atoms with Crippen molar-refractivity contribution in [3.63, 3.8) is 0 Å². The minimum absolute atomic E-state index is 0.0818. The van der Waals surface area contributed by atoms with E-state index >= 15 is 0 Å². The summed E-state index contributed by atoms with van der Waals surface area (Å²) in [6.45, 7) is 1.27. The molecule has 3 aromatic carbocycles. The zero-order chi connectivity index (χ0) is 25.8. The normalized spacial score (nSPS) is 11.2. The van der Waals surface area contributed by atoms with Gasteiger partial charge in [-0.2, -0.15) is 0 Å². The van der Waals surface area contributed by atoms with Crippen LogP contribution in [0.15, 0.2) is 65.6 Å². The van der Waals surface area contributed by atoms with Crippen LogP contribution in [-0.2, 0) is 14.8 Å². The number of nitrogens with one attached hydrogen (secondary N) is 1. The predicted octanol–water partition coefficient (Wildman–Crippen LogP) is 3.85. The summed E-state index contributed by atoms with van der Waals surface area (Å²) in [6, 6.07) is 15.5. The highest BCUT2D eigenvalue weighted by atomic mass is 32.2. The first-order valence-corrected chi connectivity index (χ1v) is 11.9. The highest BCUT2D eigenvalue weighted by Crippen LogP contribution is 2.34. The summed E-state index contributed by atoms with van der Waals surface area (Å²) < 4.78 is 37.0. The molecular formula is C24H25N3O7S. The van der Waals surface area contributed by atoms with Crippen LogP contribution in [-0.4, -0.2) is 51.4 Å². The van der Waals surface area contributed by atoms with Crippen molar-refractivity contribution in [3.05, 3.63) is 76.3 Å². The molecule has 0 fully saturated rings. The fourth-order valence-electron chi connectivity index (χ4n) is 3.25. The van der Waals surface area contributed by atoms with Gasteiger partial charge in [-0.05, 0) is 48.4 Å². The van der Waals surface area contributed by atoms with Gasteiger partial charge in [0.15, 0.2) is 6.61 Å². The van der Waals surface area contributed by atoms with Crippen LogP contribution < -0.4 is 14.8 Å². The Labute approximate surface area is 203 Å². The molecule has 0 radical (unpaired) electrons. The van der Waals surface area contributed by atoms with E-state index < -0.39 is 27.5 Å². The summed E-state index contributed by atoms with van der Waals surface area (Å²) >= 11 is 0. The average molecular weight is 500 g/mol. The van der Waals surface area contributed by atoms with Crippen molar-refractivity contribution in [2.75, 3.05) is 33.1 Å². The molecule has 0 heterocycles. The number of sulfonamides is 1. The van der Waals surface area contributed by atoms with Crippen LogP contribution in [0.3, 0.4) is 0 Å². The summed E-state index contributed by atoms with van der Waals surface area (Å²) in [6.07, 6.45) is 0. The molecule has 0 unspecified atom stereocenters. The van der Waals surface area contributed by atoms with E-state index in [1.165, 1.54) is 45.5 Å². The monoisotopic (exact) mass is 499 g/mol. The van der Waals surface area contributed by atoms with Gasteiger partial charge in [0.2, 0.25) is 10.0 Å². The minimum atomic E-state index is -3.69. The first-order valence-electron chi connectivity index (χ1n) is 10.4. The van der Waals surface area contributed by atoms with Gasteiger partial charge in [0, 0.05) is 37.5 Å². The van der Waals surface area contributed by atoms with Crippen molar-refractivity contribution in [3.8, 4) is 22.6 Å². The second-order valence-electron chi connectivity index (χ2n) is 7.77. The van der Waals surface area contributed by atoms with Crippen LogP contribution in [0.25, 0.3) is 11.1 Å². The number of nitro groups is 1. The van der Waals surface area contributed by atoms with Gasteiger partial charge in [0.25, 0.3) is 11.6 Å². The molecule has 0 spiro atoms. The smallest absolute Gasteiger partial charge is 0.270 e. The van der Waals surface area contributed by atoms with Crippen LogP contribution in [0.1, 0.15) is 5.56 Å². The lowest BCUT2D eigenvalue weighted by molar-refractivity contribution is -0.384. The molecule has 11 heteroatoms. The molecule has 0 aromatic heterocycles. The van der Waals surface area contributed by atoms with Crippen molar-refractivity contribution in [1.29, 1.82) is 0 Å². The molecule has 0 aliphatic rings. The van der Waals surface area contributed by atoms with E-state index in [-0.39, 0.29) is 16.3 Å². The third-order valence-corrected chi connectivity index (χ3v) is 7.12. The maximum atomic E-state index is 12.6. The van der Waals surface area contributed by atoms with Gasteiger partial charge in [-0.1, -0.05) is 18.2 Å². The zero-order valence-electron chi connectivity index (χ0n) is 19.6. The SMILES string of the molecule is COc1ccc(-c2cc([N+](=O)[O-])ccc2OCC(=O)Nc2ccc(C)c(S(=O)(=O)N(C)C)c2)cc1. The maximum absolute atomic E-state index is 12.6. The molecule has 0 bridgehead atoms. The number of methoxy groups -OCH3 is 1. The Balaban J connectivity index is 1.81. The number of benzene rings is 3. The molecule has 0 atom stereocenters. The third kappa shape index (κ3) is 5.94. The molecule has 1 N–H and O–H groups in total. The molecule has 1 amide bonds. The van der Waals surface area contributed by atoms with E-state index in [1.54, 1.807) is 43.3 Å². The molecule has 3 rings (SSSR count). The van der Waals surface area contributed by atoms with Crippen molar-refractivity contribution < 1.29 is 27.6 Å². The Kier molecular flexibility index (Phi) is 7.72. The fraction of sp³-hybridized carbons (Fsp3) is 0.208. The Morgan fingerprint density at radius 2 is 1.74 bits per heavy atom. The number of carbonyl (C=O) groups excluding carboxylic acids is 1. The molecule has 10 nitrogen and oxygen atoms in total. The van der Waals surface area contributed by atoms with Crippen molar-refractivity contribution in [1.82, 2.24) is 4.31 Å². The molecule has 0 saturated carbocycles. The van der Waals surface area contributed by atoms with Crippen molar-refractivity contribution in [2.24, 2.45) is 0 Å². The van der Waals surface area contributed by atoms with Crippen LogP contribution in [0.4, 0.5) is 11.4 Å². The van der Waals surface area contributed by atoms with Crippen LogP contribution in [0.2, 0.25) is 0 Å². The number of non-ortho nitro benzene ring substituents is 1. The summed E-state index contributed by atoms with van der Waals surface area (Å²) in [7, 11) is 0.701. The van der Waals surface area contributed by atoms with Gasteiger partial charge >= 0.3 is 0 Å². The van der Waals surface area contributed by atoms with Crippen molar-refractivity contribution in [2.45, 2.75) is 11.8 Å². The average Bonchev–Trinajstić information content (AvgIpc) is 2.83. The lowest BCUT2D eigenvalue weighted by Crippen LogP contribution is -2.24. The predicted molar refractivity (Wildman–Crippen MR) is 131 cm³/mol. The van der Waals surface area contributed by atoms with Crippen LogP contribution >= 0.6 is 0 Å². The lowest BCUT2D eigenvalue weighted by Gasteiger charge is -2.15. The largest absolute Gasteiger partial charge is 0.497 e. The number of hydrogen-bond donors (Lipinski definition) is 1.